The van der Waals surface area contributed by atoms with Crippen molar-refractivity contribution in [2.24, 2.45) is 23.5 Å². The van der Waals surface area contributed by atoms with Crippen molar-refractivity contribution in [1.29, 1.82) is 0 Å². The monoisotopic (exact) mass is 721 g/mol. The van der Waals surface area contributed by atoms with Crippen LogP contribution in [0.2, 0.25) is 0 Å². The number of carbonyl (C=O) groups is 2. The number of aliphatic hydroxyl groups excluding tert-OH is 6. The minimum Gasteiger partial charge on any atom is -0.394 e. The van der Waals surface area contributed by atoms with Crippen LogP contribution in [0.4, 0.5) is 0 Å². The van der Waals surface area contributed by atoms with Crippen LogP contribution in [0.1, 0.15) is 85.5 Å². The standard InChI is InChI=1S/C34H63N3O13/c1-5-22-14-23(31(45)36-12-11-35)15-25(30(22)50-33-29(44)28(43)27(42)19(3)46-33)48-34(49-26(17-39)18(2)40)32(37-20(4)41)47-24(16-38)13-21-9-7-6-8-10-21/h16,18-19,21-34,36,39-40,42-45H,5-15,17,35H2,1-4H3,(H,37,41)/t18-,19?,22?,23?,24+,25-,26?,27?,28?,29+,30?,31?,32?,33?,34?/m1/s1. The number of nitrogens with two attached hydrogens (primary N) is 1. The summed E-state index contributed by atoms with van der Waals surface area (Å²) in [4.78, 5) is 24.9. The number of hydrogen-bond donors (Lipinski definition) is 9. The molecule has 0 aromatic heterocycles. The van der Waals surface area contributed by atoms with Crippen LogP contribution in [-0.2, 0) is 33.3 Å². The lowest BCUT2D eigenvalue weighted by Gasteiger charge is -2.47. The van der Waals surface area contributed by atoms with Gasteiger partial charge in [0.05, 0.1) is 31.0 Å². The Morgan fingerprint density at radius 3 is 2.34 bits per heavy atom. The molecule has 2 aliphatic carbocycles. The van der Waals surface area contributed by atoms with E-state index in [1.165, 1.54) is 13.8 Å². The van der Waals surface area contributed by atoms with Crippen molar-refractivity contribution in [3.8, 4) is 0 Å². The Kier molecular flexibility index (Phi) is 18.4. The van der Waals surface area contributed by atoms with Crippen LogP contribution < -0.4 is 16.4 Å². The number of aldehydes is 1. The van der Waals surface area contributed by atoms with Gasteiger partial charge in [0.2, 0.25) is 12.2 Å². The topological polar surface area (TPSA) is 252 Å². The lowest BCUT2D eigenvalue weighted by Crippen LogP contribution is -2.60. The molecule has 2 saturated carbocycles. The summed E-state index contributed by atoms with van der Waals surface area (Å²) in [6.07, 6.45) is -8.29. The third-order valence-electron chi connectivity index (χ3n) is 10.2. The largest absolute Gasteiger partial charge is 0.394 e. The summed E-state index contributed by atoms with van der Waals surface area (Å²) in [6, 6.07) is 0. The highest BCUT2D eigenvalue weighted by molar-refractivity contribution is 5.73. The van der Waals surface area contributed by atoms with E-state index < -0.39 is 92.5 Å². The second-order valence-corrected chi connectivity index (χ2v) is 14.2. The summed E-state index contributed by atoms with van der Waals surface area (Å²) in [5.41, 5.74) is 5.67. The maximum Gasteiger partial charge on any atom is 0.218 e. The molecule has 1 saturated heterocycles. The van der Waals surface area contributed by atoms with Crippen molar-refractivity contribution in [2.45, 2.75) is 165 Å². The van der Waals surface area contributed by atoms with Crippen LogP contribution in [0, 0.1) is 17.8 Å². The lowest BCUT2D eigenvalue weighted by molar-refractivity contribution is -0.336. The molecule has 292 valence electrons. The van der Waals surface area contributed by atoms with E-state index in [4.69, 9.17) is 29.4 Å². The molecule has 0 bridgehead atoms. The first-order valence-corrected chi connectivity index (χ1v) is 18.3. The van der Waals surface area contributed by atoms with E-state index >= 15 is 0 Å². The van der Waals surface area contributed by atoms with E-state index in [2.05, 4.69) is 10.6 Å². The summed E-state index contributed by atoms with van der Waals surface area (Å²) in [6.45, 7) is 6.18. The van der Waals surface area contributed by atoms with Gasteiger partial charge in [-0.1, -0.05) is 45.4 Å². The average Bonchev–Trinajstić information content (AvgIpc) is 3.09. The Balaban J connectivity index is 2.00. The van der Waals surface area contributed by atoms with Crippen LogP contribution in [0.15, 0.2) is 0 Å². The minimum atomic E-state index is -1.60. The number of amides is 1. The van der Waals surface area contributed by atoms with Gasteiger partial charge < -0.3 is 70.2 Å². The van der Waals surface area contributed by atoms with Crippen molar-refractivity contribution >= 4 is 12.2 Å². The number of hydrogen-bond acceptors (Lipinski definition) is 15. The fourth-order valence-corrected chi connectivity index (χ4v) is 7.30. The van der Waals surface area contributed by atoms with Gasteiger partial charge >= 0.3 is 0 Å². The maximum absolute atomic E-state index is 12.5. The highest BCUT2D eigenvalue weighted by Gasteiger charge is 2.49. The van der Waals surface area contributed by atoms with E-state index in [-0.39, 0.29) is 24.2 Å². The Labute approximate surface area is 295 Å². The van der Waals surface area contributed by atoms with Crippen molar-refractivity contribution in [2.75, 3.05) is 19.7 Å². The molecule has 15 atom stereocenters. The Morgan fingerprint density at radius 1 is 1.06 bits per heavy atom. The zero-order valence-electron chi connectivity index (χ0n) is 29.9. The predicted molar refractivity (Wildman–Crippen MR) is 179 cm³/mol. The summed E-state index contributed by atoms with van der Waals surface area (Å²) >= 11 is 0. The lowest BCUT2D eigenvalue weighted by atomic mass is 9.75. The van der Waals surface area contributed by atoms with E-state index in [1.54, 1.807) is 6.92 Å². The third-order valence-corrected chi connectivity index (χ3v) is 10.2. The molecule has 0 radical (unpaired) electrons. The van der Waals surface area contributed by atoms with Crippen LogP contribution in [0.5, 0.6) is 0 Å². The molecule has 0 spiro atoms. The average molecular weight is 722 g/mol. The van der Waals surface area contributed by atoms with Gasteiger partial charge in [-0.3, -0.25) is 10.1 Å². The smallest absolute Gasteiger partial charge is 0.218 e. The molecule has 11 unspecified atom stereocenters. The first-order chi connectivity index (χ1) is 23.8. The molecule has 1 aliphatic heterocycles. The van der Waals surface area contributed by atoms with Gasteiger partial charge in [-0.05, 0) is 44.9 Å². The molecule has 16 heteroatoms. The highest BCUT2D eigenvalue weighted by Crippen LogP contribution is 2.39. The number of carbonyl (C=O) groups excluding carboxylic acids is 2. The van der Waals surface area contributed by atoms with Crippen LogP contribution in [0.25, 0.3) is 0 Å². The van der Waals surface area contributed by atoms with Crippen LogP contribution in [-0.4, -0.2) is 143 Å². The normalized spacial score (nSPS) is 34.7. The van der Waals surface area contributed by atoms with Gasteiger partial charge in [-0.2, -0.15) is 0 Å². The van der Waals surface area contributed by atoms with Crippen molar-refractivity contribution < 1.29 is 63.9 Å². The van der Waals surface area contributed by atoms with Crippen molar-refractivity contribution in [3.05, 3.63) is 0 Å². The molecule has 10 N–H and O–H groups in total. The van der Waals surface area contributed by atoms with Crippen molar-refractivity contribution in [3.63, 3.8) is 0 Å². The van der Waals surface area contributed by atoms with Gasteiger partial charge in [-0.15, -0.1) is 0 Å². The molecular formula is C34H63N3O13. The van der Waals surface area contributed by atoms with E-state index in [9.17, 15) is 40.2 Å². The SMILES string of the molecule is CCC1CC(C(O)NCCN)C[C@@H](OC(OC(CO)[C@@H](C)O)C(NC(C)=O)O[C@H](C=O)CC2CCCCC2)C1OC1OC(C)C(O)C(O)[C@@H]1O. The number of aliphatic hydroxyl groups is 6. The molecule has 3 aliphatic rings. The number of nitrogens with one attached hydrogen (secondary N) is 2. The summed E-state index contributed by atoms with van der Waals surface area (Å²) in [7, 11) is 0. The van der Waals surface area contributed by atoms with Crippen LogP contribution in [0.3, 0.4) is 0 Å². The maximum atomic E-state index is 12.5. The zero-order valence-corrected chi connectivity index (χ0v) is 29.9. The minimum absolute atomic E-state index is 0.160. The predicted octanol–water partition coefficient (Wildman–Crippen LogP) is -1.01. The molecule has 1 heterocycles. The molecule has 3 fully saturated rings. The fraction of sp³-hybridized carbons (Fsp3) is 0.941. The third kappa shape index (κ3) is 12.4. The van der Waals surface area contributed by atoms with Gasteiger partial charge in [0.1, 0.15) is 43.0 Å². The van der Waals surface area contributed by atoms with Crippen LogP contribution >= 0.6 is 0 Å². The van der Waals surface area contributed by atoms with Gasteiger partial charge in [-0.25, -0.2) is 0 Å². The van der Waals surface area contributed by atoms with E-state index in [1.807, 2.05) is 6.92 Å². The highest BCUT2D eigenvalue weighted by atomic mass is 16.7. The van der Waals surface area contributed by atoms with Crippen molar-refractivity contribution in [1.82, 2.24) is 10.6 Å². The first-order valence-electron chi connectivity index (χ1n) is 18.3. The van der Waals surface area contributed by atoms with Gasteiger partial charge in [0, 0.05) is 25.9 Å². The second kappa shape index (κ2) is 21.4. The Morgan fingerprint density at radius 2 is 1.76 bits per heavy atom. The second-order valence-electron chi connectivity index (χ2n) is 14.2. The number of rotatable bonds is 20. The first kappa shape index (κ1) is 43.0. The Bertz CT molecular complexity index is 992. The summed E-state index contributed by atoms with van der Waals surface area (Å²) < 4.78 is 31.1. The quantitative estimate of drug-likeness (QED) is 0.0540. The number of ether oxygens (including phenoxy) is 5. The molecule has 0 aromatic carbocycles. The fourth-order valence-electron chi connectivity index (χ4n) is 7.30. The Hall–Kier alpha value is -1.38. The van der Waals surface area contributed by atoms with Gasteiger partial charge in [0.15, 0.2) is 12.5 Å². The molecule has 16 nitrogen and oxygen atoms in total. The van der Waals surface area contributed by atoms with E-state index in [0.717, 1.165) is 32.1 Å². The molecule has 50 heavy (non-hydrogen) atoms. The zero-order chi connectivity index (χ0) is 37.0. The molecule has 1 amide bonds. The molecule has 3 rings (SSSR count). The molecule has 0 aromatic rings. The summed E-state index contributed by atoms with van der Waals surface area (Å²) in [5, 5.41) is 68.9. The van der Waals surface area contributed by atoms with Gasteiger partial charge in [0.25, 0.3) is 0 Å². The summed E-state index contributed by atoms with van der Waals surface area (Å²) in [5.74, 6) is -0.958. The van der Waals surface area contributed by atoms with E-state index in [0.29, 0.717) is 38.6 Å². The molecular weight excluding hydrogens is 658 g/mol.